The van der Waals surface area contributed by atoms with Crippen LogP contribution in [0.3, 0.4) is 0 Å². The fourth-order valence-corrected chi connectivity index (χ4v) is 2.33. The molecule has 112 valence electrons. The minimum atomic E-state index is -0.293. The van der Waals surface area contributed by atoms with Gasteiger partial charge in [-0.25, -0.2) is 4.98 Å². The summed E-state index contributed by atoms with van der Waals surface area (Å²) < 4.78 is 11.0. The number of rotatable bonds is 3. The normalized spacial score (nSPS) is 25.0. The fourth-order valence-electron chi connectivity index (χ4n) is 2.33. The number of amides is 1. The van der Waals surface area contributed by atoms with Crippen molar-refractivity contribution in [2.24, 2.45) is 11.7 Å². The van der Waals surface area contributed by atoms with Crippen LogP contribution in [0.25, 0.3) is 0 Å². The maximum Gasteiger partial charge on any atom is 0.275 e. The van der Waals surface area contributed by atoms with E-state index in [9.17, 15) is 4.79 Å². The molecule has 20 heavy (non-hydrogen) atoms. The summed E-state index contributed by atoms with van der Waals surface area (Å²) in [7, 11) is 0. The monoisotopic (exact) mass is 281 g/mol. The minimum Gasteiger partial charge on any atom is -0.446 e. The number of ether oxygens (including phenoxy) is 1. The Hall–Kier alpha value is -1.40. The lowest BCUT2D eigenvalue weighted by atomic mass is 10.1. The van der Waals surface area contributed by atoms with Crippen LogP contribution in [0.4, 0.5) is 0 Å². The number of aromatic nitrogens is 1. The Balaban J connectivity index is 2.09. The Bertz CT molecular complexity index is 462. The Labute approximate surface area is 119 Å². The molecule has 1 aromatic heterocycles. The van der Waals surface area contributed by atoms with Crippen molar-refractivity contribution in [2.45, 2.75) is 45.9 Å². The number of carbonyl (C=O) groups excluding carboxylic acids is 1. The van der Waals surface area contributed by atoms with E-state index < -0.39 is 0 Å². The molecule has 0 aromatic carbocycles. The lowest BCUT2D eigenvalue weighted by Crippen LogP contribution is -2.48. The second-order valence-electron chi connectivity index (χ2n) is 5.81. The van der Waals surface area contributed by atoms with Crippen molar-refractivity contribution >= 4 is 5.91 Å². The zero-order chi connectivity index (χ0) is 14.9. The van der Waals surface area contributed by atoms with Crippen LogP contribution in [0.2, 0.25) is 0 Å². The average molecular weight is 281 g/mol. The molecule has 6 nitrogen and oxygen atoms in total. The number of morpholine rings is 1. The Kier molecular flexibility index (Phi) is 4.45. The van der Waals surface area contributed by atoms with Crippen molar-refractivity contribution < 1.29 is 13.9 Å². The van der Waals surface area contributed by atoms with Gasteiger partial charge in [0.1, 0.15) is 6.26 Å². The van der Waals surface area contributed by atoms with Gasteiger partial charge in [0, 0.05) is 13.1 Å². The molecule has 1 aliphatic rings. The second kappa shape index (κ2) is 5.93. The molecule has 0 aliphatic carbocycles. The van der Waals surface area contributed by atoms with E-state index in [1.54, 1.807) is 4.90 Å². The highest BCUT2D eigenvalue weighted by Gasteiger charge is 2.29. The third-order valence-electron chi connectivity index (χ3n) is 3.45. The predicted molar refractivity (Wildman–Crippen MR) is 74.2 cm³/mol. The van der Waals surface area contributed by atoms with Crippen LogP contribution in [-0.2, 0) is 4.74 Å². The lowest BCUT2D eigenvalue weighted by Gasteiger charge is -2.34. The van der Waals surface area contributed by atoms with Gasteiger partial charge in [-0.05, 0) is 19.8 Å². The molecular weight excluding hydrogens is 258 g/mol. The van der Waals surface area contributed by atoms with Gasteiger partial charge in [0.25, 0.3) is 5.91 Å². The molecule has 1 aromatic rings. The van der Waals surface area contributed by atoms with Crippen LogP contribution in [0.15, 0.2) is 10.7 Å². The number of carbonyl (C=O) groups is 1. The summed E-state index contributed by atoms with van der Waals surface area (Å²) in [5.41, 5.74) is 6.29. The minimum absolute atomic E-state index is 0.0343. The van der Waals surface area contributed by atoms with E-state index in [4.69, 9.17) is 14.9 Å². The van der Waals surface area contributed by atoms with E-state index in [0.29, 0.717) is 24.7 Å². The number of nitrogens with zero attached hydrogens (tertiary/aromatic N) is 2. The van der Waals surface area contributed by atoms with Gasteiger partial charge in [-0.2, -0.15) is 0 Å². The number of oxazole rings is 1. The maximum atomic E-state index is 12.4. The first-order valence-corrected chi connectivity index (χ1v) is 7.04. The van der Waals surface area contributed by atoms with Gasteiger partial charge in [-0.1, -0.05) is 13.8 Å². The summed E-state index contributed by atoms with van der Waals surface area (Å²) in [5, 5.41) is 0. The van der Waals surface area contributed by atoms with Crippen LogP contribution in [0.5, 0.6) is 0 Å². The molecule has 0 saturated carbocycles. The van der Waals surface area contributed by atoms with Gasteiger partial charge in [-0.15, -0.1) is 0 Å². The summed E-state index contributed by atoms with van der Waals surface area (Å²) in [6, 6.07) is -0.293. The van der Waals surface area contributed by atoms with Crippen LogP contribution >= 0.6 is 0 Å². The molecule has 0 bridgehead atoms. The number of hydrogen-bond donors (Lipinski definition) is 1. The largest absolute Gasteiger partial charge is 0.446 e. The van der Waals surface area contributed by atoms with Crippen molar-refractivity contribution in [1.82, 2.24) is 9.88 Å². The van der Waals surface area contributed by atoms with Crippen LogP contribution in [-0.4, -0.2) is 41.1 Å². The molecule has 3 unspecified atom stereocenters. The smallest absolute Gasteiger partial charge is 0.275 e. The molecule has 2 rings (SSSR count). The van der Waals surface area contributed by atoms with E-state index in [1.807, 2.05) is 27.7 Å². The van der Waals surface area contributed by atoms with Crippen molar-refractivity contribution in [3.8, 4) is 0 Å². The highest BCUT2D eigenvalue weighted by Crippen LogP contribution is 2.20. The van der Waals surface area contributed by atoms with E-state index in [2.05, 4.69) is 4.98 Å². The summed E-state index contributed by atoms with van der Waals surface area (Å²) in [6.45, 7) is 9.03. The van der Waals surface area contributed by atoms with Crippen LogP contribution in [0.1, 0.15) is 50.1 Å². The third-order valence-corrected chi connectivity index (χ3v) is 3.45. The molecule has 2 N–H and O–H groups in total. The van der Waals surface area contributed by atoms with Gasteiger partial charge >= 0.3 is 0 Å². The predicted octanol–water partition coefficient (Wildman–Crippen LogP) is 1.58. The fraction of sp³-hybridized carbons (Fsp3) is 0.714. The highest BCUT2D eigenvalue weighted by molar-refractivity contribution is 5.92. The van der Waals surface area contributed by atoms with Crippen molar-refractivity contribution in [3.05, 3.63) is 17.8 Å². The Morgan fingerprint density at radius 1 is 1.40 bits per heavy atom. The topological polar surface area (TPSA) is 81.6 Å². The van der Waals surface area contributed by atoms with Gasteiger partial charge < -0.3 is 19.8 Å². The SMILES string of the molecule is CC1CN(C(=O)c2coc(C(N)C(C)C)n2)CC(C)O1. The number of nitrogens with two attached hydrogens (primary N) is 1. The standard InChI is InChI=1S/C14H23N3O3/c1-8(2)12(15)13-16-11(7-19-13)14(18)17-5-9(3)20-10(4)6-17/h7-10,12H,5-6,15H2,1-4H3. The van der Waals surface area contributed by atoms with Gasteiger partial charge in [0.15, 0.2) is 5.69 Å². The van der Waals surface area contributed by atoms with E-state index in [-0.39, 0.29) is 30.1 Å². The molecular formula is C14H23N3O3. The molecule has 1 amide bonds. The molecule has 2 heterocycles. The first-order valence-electron chi connectivity index (χ1n) is 7.04. The lowest BCUT2D eigenvalue weighted by molar-refractivity contribution is -0.0587. The quantitative estimate of drug-likeness (QED) is 0.909. The molecule has 6 heteroatoms. The first-order chi connectivity index (χ1) is 9.38. The van der Waals surface area contributed by atoms with Crippen molar-refractivity contribution in [1.29, 1.82) is 0 Å². The molecule has 1 saturated heterocycles. The summed E-state index contributed by atoms with van der Waals surface area (Å²) in [4.78, 5) is 18.4. The molecule has 0 spiro atoms. The van der Waals surface area contributed by atoms with Crippen LogP contribution < -0.4 is 5.73 Å². The van der Waals surface area contributed by atoms with Crippen LogP contribution in [0, 0.1) is 5.92 Å². The first kappa shape index (κ1) is 15.0. The summed E-state index contributed by atoms with van der Waals surface area (Å²) >= 11 is 0. The van der Waals surface area contributed by atoms with E-state index in [0.717, 1.165) is 0 Å². The van der Waals surface area contributed by atoms with Gasteiger partial charge in [-0.3, -0.25) is 4.79 Å². The molecule has 1 fully saturated rings. The summed E-state index contributed by atoms with van der Waals surface area (Å²) in [5.74, 6) is 0.496. The van der Waals surface area contributed by atoms with Gasteiger partial charge in [0.05, 0.1) is 18.2 Å². The third kappa shape index (κ3) is 3.19. The molecule has 3 atom stereocenters. The molecule has 1 aliphatic heterocycles. The average Bonchev–Trinajstić information content (AvgIpc) is 2.85. The highest BCUT2D eigenvalue weighted by atomic mass is 16.5. The van der Waals surface area contributed by atoms with E-state index >= 15 is 0 Å². The van der Waals surface area contributed by atoms with Gasteiger partial charge in [0.2, 0.25) is 5.89 Å². The summed E-state index contributed by atoms with van der Waals surface area (Å²) in [6.07, 6.45) is 1.46. The Morgan fingerprint density at radius 2 is 2.00 bits per heavy atom. The van der Waals surface area contributed by atoms with Crippen molar-refractivity contribution in [2.75, 3.05) is 13.1 Å². The van der Waals surface area contributed by atoms with Crippen molar-refractivity contribution in [3.63, 3.8) is 0 Å². The van der Waals surface area contributed by atoms with E-state index in [1.165, 1.54) is 6.26 Å². The zero-order valence-corrected chi connectivity index (χ0v) is 12.5. The zero-order valence-electron chi connectivity index (χ0n) is 12.5. The second-order valence-corrected chi connectivity index (χ2v) is 5.81. The molecule has 0 radical (unpaired) electrons. The maximum absolute atomic E-state index is 12.4. The Morgan fingerprint density at radius 3 is 2.55 bits per heavy atom. The number of hydrogen-bond acceptors (Lipinski definition) is 5.